The van der Waals surface area contributed by atoms with Gasteiger partial charge in [0.05, 0.1) is 22.2 Å². The van der Waals surface area contributed by atoms with Gasteiger partial charge in [0, 0.05) is 32.1 Å². The predicted molar refractivity (Wildman–Crippen MR) is 149 cm³/mol. The number of fused-ring (bicyclic) bond motifs is 1. The summed E-state index contributed by atoms with van der Waals surface area (Å²) in [5.74, 6) is 0.398. The zero-order valence-corrected chi connectivity index (χ0v) is 23.6. The molecule has 2 aromatic carbocycles. The summed E-state index contributed by atoms with van der Waals surface area (Å²) < 4.78 is 34.0. The number of methoxy groups -OCH3 is 1. The average molecular weight is 545 g/mol. The standard InChI is InChI=1S/C27H36N4O4S2/c1-5-29(6-2)17-18-31(27-28-24-12-7-20(3)19-25(24)36-27)26(32)21-13-15-30(16-14-21)37(33,34)23-10-8-22(35-4)9-11-23/h7-12,19,21H,5-6,13-18H2,1-4H3. The molecule has 0 N–H and O–H groups in total. The number of aryl methyl sites for hydroxylation is 1. The molecule has 0 aliphatic carbocycles. The number of ether oxygens (including phenoxy) is 1. The number of carbonyl (C=O) groups excluding carboxylic acids is 1. The number of nitrogens with zero attached hydrogens (tertiary/aromatic N) is 4. The zero-order chi connectivity index (χ0) is 26.6. The summed E-state index contributed by atoms with van der Waals surface area (Å²) in [4.78, 5) is 23.0. The van der Waals surface area contributed by atoms with Crippen LogP contribution in [0.25, 0.3) is 10.2 Å². The van der Waals surface area contributed by atoms with Crippen LogP contribution in [0.1, 0.15) is 32.3 Å². The number of piperidine rings is 1. The van der Waals surface area contributed by atoms with Gasteiger partial charge >= 0.3 is 0 Å². The van der Waals surface area contributed by atoms with Crippen LogP contribution in [0.3, 0.4) is 0 Å². The summed E-state index contributed by atoms with van der Waals surface area (Å²) >= 11 is 1.54. The molecule has 37 heavy (non-hydrogen) atoms. The third-order valence-electron chi connectivity index (χ3n) is 7.06. The van der Waals surface area contributed by atoms with E-state index in [9.17, 15) is 13.2 Å². The fraction of sp³-hybridized carbons (Fsp3) is 0.481. The van der Waals surface area contributed by atoms with E-state index in [0.717, 1.165) is 35.4 Å². The minimum atomic E-state index is -3.62. The highest BCUT2D eigenvalue weighted by Crippen LogP contribution is 2.32. The van der Waals surface area contributed by atoms with Crippen LogP contribution < -0.4 is 9.64 Å². The highest BCUT2D eigenvalue weighted by Gasteiger charge is 2.35. The Morgan fingerprint density at radius 3 is 2.38 bits per heavy atom. The molecule has 0 spiro atoms. The van der Waals surface area contributed by atoms with E-state index in [1.165, 1.54) is 4.31 Å². The summed E-state index contributed by atoms with van der Waals surface area (Å²) in [6, 6.07) is 12.6. The van der Waals surface area contributed by atoms with E-state index in [4.69, 9.17) is 9.72 Å². The molecule has 1 aliphatic rings. The molecule has 0 saturated carbocycles. The zero-order valence-electron chi connectivity index (χ0n) is 22.0. The predicted octanol–water partition coefficient (Wildman–Crippen LogP) is 4.39. The topological polar surface area (TPSA) is 83.0 Å². The Hall–Kier alpha value is -2.53. The van der Waals surface area contributed by atoms with Gasteiger partial charge in [-0.25, -0.2) is 13.4 Å². The van der Waals surface area contributed by atoms with Crippen LogP contribution >= 0.6 is 11.3 Å². The van der Waals surface area contributed by atoms with Crippen LogP contribution in [-0.4, -0.2) is 74.9 Å². The van der Waals surface area contributed by atoms with E-state index in [1.54, 1.807) is 42.7 Å². The number of anilines is 1. The van der Waals surface area contributed by atoms with Gasteiger partial charge in [0.15, 0.2) is 5.13 Å². The maximum absolute atomic E-state index is 13.8. The quantitative estimate of drug-likeness (QED) is 0.377. The number of thiazole rings is 1. The van der Waals surface area contributed by atoms with E-state index in [-0.39, 0.29) is 16.7 Å². The second-order valence-electron chi connectivity index (χ2n) is 9.34. The van der Waals surface area contributed by atoms with Crippen molar-refractivity contribution < 1.29 is 17.9 Å². The number of carbonyl (C=O) groups is 1. The molecule has 1 fully saturated rings. The van der Waals surface area contributed by atoms with Crippen molar-refractivity contribution in [1.82, 2.24) is 14.2 Å². The average Bonchev–Trinajstić information content (AvgIpc) is 3.33. The molecule has 0 unspecified atom stereocenters. The molecule has 4 rings (SSSR count). The number of likely N-dealkylation sites (N-methyl/N-ethyl adjacent to an activating group) is 1. The summed E-state index contributed by atoms with van der Waals surface area (Å²) in [6.45, 7) is 10.1. The van der Waals surface area contributed by atoms with Gasteiger partial charge < -0.3 is 9.64 Å². The Morgan fingerprint density at radius 1 is 1.08 bits per heavy atom. The highest BCUT2D eigenvalue weighted by atomic mass is 32.2. The second-order valence-corrected chi connectivity index (χ2v) is 12.3. The van der Waals surface area contributed by atoms with E-state index in [0.29, 0.717) is 43.4 Å². The number of hydrogen-bond donors (Lipinski definition) is 0. The molecule has 1 saturated heterocycles. The van der Waals surface area contributed by atoms with Gasteiger partial charge in [-0.1, -0.05) is 31.3 Å². The largest absolute Gasteiger partial charge is 0.497 e. The first-order chi connectivity index (χ1) is 17.8. The summed E-state index contributed by atoms with van der Waals surface area (Å²) in [5.41, 5.74) is 2.06. The number of amides is 1. The summed E-state index contributed by atoms with van der Waals surface area (Å²) in [7, 11) is -2.07. The molecule has 10 heteroatoms. The Labute approximate surface area is 223 Å². The van der Waals surface area contributed by atoms with E-state index >= 15 is 0 Å². The van der Waals surface area contributed by atoms with Crippen molar-refractivity contribution in [3.05, 3.63) is 48.0 Å². The molecular formula is C27H36N4O4S2. The molecule has 1 amide bonds. The second kappa shape index (κ2) is 11.9. The first-order valence-corrected chi connectivity index (χ1v) is 15.1. The normalized spacial score (nSPS) is 15.4. The number of rotatable bonds is 10. The van der Waals surface area contributed by atoms with Crippen LogP contribution in [0.4, 0.5) is 5.13 Å². The van der Waals surface area contributed by atoms with Crippen molar-refractivity contribution in [2.24, 2.45) is 5.92 Å². The molecule has 0 bridgehead atoms. The van der Waals surface area contributed by atoms with E-state index in [2.05, 4.69) is 31.7 Å². The summed E-state index contributed by atoms with van der Waals surface area (Å²) in [5, 5.41) is 0.714. The molecule has 8 nitrogen and oxygen atoms in total. The lowest BCUT2D eigenvalue weighted by Gasteiger charge is -2.33. The minimum Gasteiger partial charge on any atom is -0.497 e. The molecule has 0 radical (unpaired) electrons. The van der Waals surface area contributed by atoms with Crippen molar-refractivity contribution >= 4 is 42.6 Å². The molecule has 0 atom stereocenters. The molecular weight excluding hydrogens is 508 g/mol. The lowest BCUT2D eigenvalue weighted by molar-refractivity contribution is -0.123. The van der Waals surface area contributed by atoms with Crippen molar-refractivity contribution in [2.75, 3.05) is 51.3 Å². The number of sulfonamides is 1. The van der Waals surface area contributed by atoms with Crippen LogP contribution in [0, 0.1) is 12.8 Å². The number of hydrogen-bond acceptors (Lipinski definition) is 7. The molecule has 3 aromatic rings. The van der Waals surface area contributed by atoms with Crippen LogP contribution in [0.15, 0.2) is 47.4 Å². The van der Waals surface area contributed by atoms with Crippen molar-refractivity contribution in [3.8, 4) is 5.75 Å². The Bertz CT molecular complexity index is 1310. The molecule has 2 heterocycles. The monoisotopic (exact) mass is 544 g/mol. The van der Waals surface area contributed by atoms with Crippen LogP contribution in [0.2, 0.25) is 0 Å². The minimum absolute atomic E-state index is 0.0319. The fourth-order valence-electron chi connectivity index (χ4n) is 4.68. The lowest BCUT2D eigenvalue weighted by Crippen LogP contribution is -2.46. The molecule has 200 valence electrons. The summed E-state index contributed by atoms with van der Waals surface area (Å²) in [6.07, 6.45) is 0.972. The van der Waals surface area contributed by atoms with Crippen LogP contribution in [0.5, 0.6) is 5.75 Å². The smallest absolute Gasteiger partial charge is 0.243 e. The third kappa shape index (κ3) is 6.14. The molecule has 1 aromatic heterocycles. The fourth-order valence-corrected chi connectivity index (χ4v) is 7.24. The number of aromatic nitrogens is 1. The maximum Gasteiger partial charge on any atom is 0.243 e. The molecule has 1 aliphatic heterocycles. The van der Waals surface area contributed by atoms with Gasteiger partial charge in [-0.15, -0.1) is 0 Å². The van der Waals surface area contributed by atoms with Gasteiger partial charge in [-0.3, -0.25) is 9.69 Å². The third-order valence-corrected chi connectivity index (χ3v) is 10.0. The Kier molecular flexibility index (Phi) is 8.84. The maximum atomic E-state index is 13.8. The van der Waals surface area contributed by atoms with E-state index in [1.807, 2.05) is 17.0 Å². The first kappa shape index (κ1) is 27.5. The van der Waals surface area contributed by atoms with Gasteiger partial charge in [-0.2, -0.15) is 4.31 Å². The van der Waals surface area contributed by atoms with Crippen molar-refractivity contribution in [2.45, 2.75) is 38.5 Å². The first-order valence-electron chi connectivity index (χ1n) is 12.8. The van der Waals surface area contributed by atoms with E-state index < -0.39 is 10.0 Å². The van der Waals surface area contributed by atoms with Gasteiger partial charge in [-0.05, 0) is 74.8 Å². The Balaban J connectivity index is 1.50. The Morgan fingerprint density at radius 2 is 1.76 bits per heavy atom. The van der Waals surface area contributed by atoms with Crippen LogP contribution in [-0.2, 0) is 14.8 Å². The van der Waals surface area contributed by atoms with Gasteiger partial charge in [0.1, 0.15) is 5.75 Å². The lowest BCUT2D eigenvalue weighted by atomic mass is 9.96. The van der Waals surface area contributed by atoms with Gasteiger partial charge in [0.2, 0.25) is 15.9 Å². The van der Waals surface area contributed by atoms with Crippen molar-refractivity contribution in [3.63, 3.8) is 0 Å². The highest BCUT2D eigenvalue weighted by molar-refractivity contribution is 7.89. The van der Waals surface area contributed by atoms with Crippen molar-refractivity contribution in [1.29, 1.82) is 0 Å². The number of benzene rings is 2. The van der Waals surface area contributed by atoms with Gasteiger partial charge in [0.25, 0.3) is 0 Å². The SMILES string of the molecule is CCN(CC)CCN(C(=O)C1CCN(S(=O)(=O)c2ccc(OC)cc2)CC1)c1nc2ccc(C)cc2s1.